The van der Waals surface area contributed by atoms with Crippen LogP contribution in [0.4, 0.5) is 49.4 Å². The van der Waals surface area contributed by atoms with E-state index in [0.29, 0.717) is 0 Å². The molecule has 6 rings (SSSR count). The third-order valence-corrected chi connectivity index (χ3v) is 11.4. The molecule has 0 saturated heterocycles. The largest absolute Gasteiger partial charge is 0.386 e. The van der Waals surface area contributed by atoms with Crippen molar-refractivity contribution in [3.8, 4) is 0 Å². The highest BCUT2D eigenvalue weighted by atomic mass is 35.5. The van der Waals surface area contributed by atoms with E-state index >= 15 is 0 Å². The number of ketones is 2. The lowest BCUT2D eigenvalue weighted by molar-refractivity contribution is 0.0730. The van der Waals surface area contributed by atoms with Gasteiger partial charge in [-0.2, -0.15) is 8.78 Å². The summed E-state index contributed by atoms with van der Waals surface area (Å²) in [5, 5.41) is 28.2. The van der Waals surface area contributed by atoms with Crippen LogP contribution in [0.15, 0.2) is 95.2 Å². The molecule has 0 aliphatic heterocycles. The van der Waals surface area contributed by atoms with Crippen molar-refractivity contribution in [1.82, 2.24) is 29.9 Å². The third kappa shape index (κ3) is 14.7. The molecule has 67 heavy (non-hydrogen) atoms. The number of nitrogen functional groups attached to an aromatic ring is 1. The zero-order valence-corrected chi connectivity index (χ0v) is 38.9. The van der Waals surface area contributed by atoms with Crippen LogP contribution in [0.2, 0.25) is 5.02 Å². The summed E-state index contributed by atoms with van der Waals surface area (Å²) in [5.74, 6) is -2.73. The Morgan fingerprint density at radius 1 is 0.687 bits per heavy atom. The molecule has 0 atom stereocenters. The molecule has 0 fully saturated rings. The number of rotatable bonds is 14. The Morgan fingerprint density at radius 3 is 1.58 bits per heavy atom. The molecule has 0 bridgehead atoms. The molecular weight excluding hydrogens is 934 g/mol. The van der Waals surface area contributed by atoms with Crippen molar-refractivity contribution < 1.29 is 53.6 Å². The summed E-state index contributed by atoms with van der Waals surface area (Å²) in [5.41, 5.74) is 2.42. The van der Waals surface area contributed by atoms with E-state index in [1.54, 1.807) is 0 Å². The van der Waals surface area contributed by atoms with Crippen LogP contribution in [0.5, 0.6) is 0 Å². The van der Waals surface area contributed by atoms with Crippen molar-refractivity contribution in [2.75, 3.05) is 34.2 Å². The zero-order chi connectivity index (χ0) is 55.1. The van der Waals surface area contributed by atoms with E-state index in [4.69, 9.17) is 25.6 Å². The molecule has 0 amide bonds. The van der Waals surface area contributed by atoms with Gasteiger partial charge in [-0.05, 0) is 76.2 Å². The van der Waals surface area contributed by atoms with Crippen LogP contribution in [-0.2, 0) is 30.9 Å². The van der Waals surface area contributed by atoms with E-state index < -0.39 is 80.9 Å². The lowest BCUT2D eigenvalue weighted by Crippen LogP contribution is -2.18. The minimum absolute atomic E-state index is 0.00939. The number of nitrogens with zero attached hydrogens (tertiary/aromatic N) is 6. The molecule has 6 heterocycles. The Bertz CT molecular complexity index is 3240. The van der Waals surface area contributed by atoms with Crippen molar-refractivity contribution in [1.29, 1.82) is 0 Å². The van der Waals surface area contributed by atoms with Crippen molar-refractivity contribution in [3.05, 3.63) is 125 Å². The number of sulfone groups is 2. The highest BCUT2D eigenvalue weighted by molar-refractivity contribution is 7.91. The standard InChI is InChI=1S/C22H24FN5O4S.C16H17ClFN3O2.C6H8N2O2S/c1-5-16(29)13-12-25-19(27-18-9-8-14(20(23)28-18)22(2,3)30)11-15(13)26-21-17(33(4,31)32)7-6-10-24-21;1-4-12(22)9-8-19-14(7-11(9)17)20-13-6-5-10(15(18)21-13)16(2,3)23;1-11(9,10)5-3-2-4-8-6(5)7/h6-12,30H,5H2,1-4H3,(H2,24,25,26,27,28);5-8,23H,4H2,1-3H3,(H,19,20,21);2-4H,1H3,(H2,7,8)/i2*1D3;. The van der Waals surface area contributed by atoms with Gasteiger partial charge in [0.2, 0.25) is 11.9 Å². The Hall–Kier alpha value is -6.59. The summed E-state index contributed by atoms with van der Waals surface area (Å²) in [7, 11) is -6.92. The second-order valence-electron chi connectivity index (χ2n) is 15.2. The van der Waals surface area contributed by atoms with E-state index in [1.807, 2.05) is 0 Å². The maximum Gasteiger partial charge on any atom is 0.220 e. The van der Waals surface area contributed by atoms with Crippen LogP contribution >= 0.6 is 11.6 Å². The maximum absolute atomic E-state index is 14.4. The Balaban J connectivity index is 0.000000270. The number of nitrogens with one attached hydrogen (secondary N) is 3. The van der Waals surface area contributed by atoms with Gasteiger partial charge in [0.25, 0.3) is 0 Å². The van der Waals surface area contributed by atoms with Gasteiger partial charge in [-0.3, -0.25) is 9.59 Å². The number of pyridine rings is 6. The van der Waals surface area contributed by atoms with Crippen molar-refractivity contribution >= 4 is 83.4 Å². The molecule has 0 spiro atoms. The van der Waals surface area contributed by atoms with E-state index in [1.165, 1.54) is 101 Å². The molecule has 6 aromatic rings. The molecule has 0 unspecified atom stereocenters. The maximum atomic E-state index is 14.4. The third-order valence-electron chi connectivity index (χ3n) is 8.83. The summed E-state index contributed by atoms with van der Waals surface area (Å²) < 4.78 is 118. The summed E-state index contributed by atoms with van der Waals surface area (Å²) >= 11 is 6.02. The molecule has 0 aliphatic carbocycles. The number of aliphatic hydroxyl groups is 2. The molecule has 6 aromatic heterocycles. The topological polar surface area (TPSA) is 282 Å². The van der Waals surface area contributed by atoms with E-state index in [2.05, 4.69) is 45.9 Å². The molecule has 18 nitrogen and oxygen atoms in total. The van der Waals surface area contributed by atoms with Crippen molar-refractivity contribution in [3.63, 3.8) is 0 Å². The van der Waals surface area contributed by atoms with Crippen LogP contribution in [0.25, 0.3) is 0 Å². The molecule has 23 heteroatoms. The average molecular weight is 990 g/mol. The molecule has 0 radical (unpaired) electrons. The highest BCUT2D eigenvalue weighted by Crippen LogP contribution is 2.30. The zero-order valence-electron chi connectivity index (χ0n) is 42.6. The van der Waals surface area contributed by atoms with Crippen molar-refractivity contribution in [2.24, 2.45) is 0 Å². The lowest BCUT2D eigenvalue weighted by atomic mass is 10.0. The Kier molecular flexibility index (Phi) is 14.4. The molecule has 7 N–H and O–H groups in total. The first-order valence-corrected chi connectivity index (χ1v) is 23.5. The molecule has 0 aliphatic rings. The summed E-state index contributed by atoms with van der Waals surface area (Å²) in [6.45, 7) is 0.764. The molecule has 0 saturated carbocycles. The van der Waals surface area contributed by atoms with Gasteiger partial charge in [0, 0.05) is 81.6 Å². The smallest absolute Gasteiger partial charge is 0.220 e. The Labute approximate surface area is 399 Å². The first-order valence-electron chi connectivity index (χ1n) is 22.3. The fourth-order valence-electron chi connectivity index (χ4n) is 5.55. The second-order valence-corrected chi connectivity index (χ2v) is 19.6. The van der Waals surface area contributed by atoms with Gasteiger partial charge in [-0.1, -0.05) is 25.3 Å². The molecule has 0 aromatic carbocycles. The van der Waals surface area contributed by atoms with Gasteiger partial charge in [-0.25, -0.2) is 46.7 Å². The quantitative estimate of drug-likeness (QED) is 0.0452. The van der Waals surface area contributed by atoms with E-state index in [9.17, 15) is 45.4 Å². The highest BCUT2D eigenvalue weighted by Gasteiger charge is 2.24. The minimum Gasteiger partial charge on any atom is -0.386 e. The summed E-state index contributed by atoms with van der Waals surface area (Å²) in [4.78, 5) is 47.8. The van der Waals surface area contributed by atoms with Gasteiger partial charge in [0.15, 0.2) is 31.2 Å². The number of hydrogen-bond acceptors (Lipinski definition) is 18. The number of carbonyl (C=O) groups excluding carboxylic acids is 2. The number of aromatic nitrogens is 6. The number of Topliss-reactive ketones (excluding diaryl/α,β-unsaturated/α-hetero) is 2. The van der Waals surface area contributed by atoms with E-state index in [-0.39, 0.29) is 77.7 Å². The predicted molar refractivity (Wildman–Crippen MR) is 251 cm³/mol. The number of halogens is 3. The fourth-order valence-corrected chi connectivity index (χ4v) is 7.35. The monoisotopic (exact) mass is 988 g/mol. The van der Waals surface area contributed by atoms with Gasteiger partial charge in [0.1, 0.15) is 44.7 Å². The van der Waals surface area contributed by atoms with Crippen LogP contribution in [-0.4, -0.2) is 81.0 Å². The van der Waals surface area contributed by atoms with Gasteiger partial charge in [0.05, 0.1) is 33.0 Å². The van der Waals surface area contributed by atoms with Crippen molar-refractivity contribution in [2.45, 2.75) is 75.2 Å². The number of nitrogens with two attached hydrogens (primary N) is 1. The number of carbonyl (C=O) groups is 2. The predicted octanol–water partition coefficient (Wildman–Crippen LogP) is 7.62. The van der Waals surface area contributed by atoms with Crippen LogP contribution < -0.4 is 21.7 Å². The first kappa shape index (κ1) is 44.3. The average Bonchev–Trinajstić information content (AvgIpc) is 3.22. The van der Waals surface area contributed by atoms with Crippen LogP contribution in [0.3, 0.4) is 0 Å². The molecular formula is C44H49ClF2N10O8S2. The number of hydrogen-bond donors (Lipinski definition) is 6. The van der Waals surface area contributed by atoms with Gasteiger partial charge >= 0.3 is 0 Å². The minimum atomic E-state index is -3.70. The number of anilines is 7. The van der Waals surface area contributed by atoms with Gasteiger partial charge in [-0.15, -0.1) is 0 Å². The van der Waals surface area contributed by atoms with Gasteiger partial charge < -0.3 is 31.9 Å². The fraction of sp³-hybridized carbons (Fsp3) is 0.273. The summed E-state index contributed by atoms with van der Waals surface area (Å²) in [6.07, 6.45) is 5.73. The SMILES string of the molecule is CS(=O)(=O)c1cccnc1N.[2H]C([2H])([2H])CC(=O)c1cnc(Nc2ccc(C(C)(C)O)c(F)n2)cc1Cl.[2H]C([2H])([2H])CC(=O)c1cnc(Nc2ccc(C(C)(C)O)c(F)n2)cc1Nc1ncccc1S(C)(=O)=O. The lowest BCUT2D eigenvalue weighted by Gasteiger charge is -2.18. The second kappa shape index (κ2) is 21.8. The first-order chi connectivity index (χ1) is 33.4. The normalized spacial score (nSPS) is 13.3. The van der Waals surface area contributed by atoms with E-state index in [0.717, 1.165) is 24.9 Å². The Morgan fingerprint density at radius 2 is 1.15 bits per heavy atom. The molecule has 356 valence electrons. The van der Waals surface area contributed by atoms with Crippen LogP contribution in [0.1, 0.15) is 94.3 Å². The summed E-state index contributed by atoms with van der Waals surface area (Å²) in [6, 6.07) is 14.0. The van der Waals surface area contributed by atoms with Crippen LogP contribution in [0, 0.1) is 11.9 Å².